The summed E-state index contributed by atoms with van der Waals surface area (Å²) in [4.78, 5) is 0. The van der Waals surface area contributed by atoms with Crippen molar-refractivity contribution in [3.63, 3.8) is 0 Å². The van der Waals surface area contributed by atoms with Crippen molar-refractivity contribution < 1.29 is 9.84 Å². The van der Waals surface area contributed by atoms with Gasteiger partial charge in [0.15, 0.2) is 5.75 Å². The van der Waals surface area contributed by atoms with Crippen molar-refractivity contribution in [3.05, 3.63) is 45.9 Å². The predicted molar refractivity (Wildman–Crippen MR) is 78.0 cm³/mol. The van der Waals surface area contributed by atoms with E-state index in [1.165, 1.54) is 6.07 Å². The maximum absolute atomic E-state index is 9.80. The van der Waals surface area contributed by atoms with E-state index in [-0.39, 0.29) is 5.75 Å². The van der Waals surface area contributed by atoms with Crippen molar-refractivity contribution >= 4 is 38.9 Å². The number of nitrogens with zero attached hydrogens (tertiary/aromatic N) is 2. The molecule has 6 heteroatoms. The first-order chi connectivity index (χ1) is 9.10. The van der Waals surface area contributed by atoms with E-state index in [1.54, 1.807) is 37.4 Å². The van der Waals surface area contributed by atoms with Crippen LogP contribution in [0.25, 0.3) is 0 Å². The van der Waals surface area contributed by atoms with Crippen LogP contribution in [-0.4, -0.2) is 12.2 Å². The van der Waals surface area contributed by atoms with Crippen LogP contribution < -0.4 is 4.74 Å². The highest BCUT2D eigenvalue weighted by Gasteiger charge is 2.06. The van der Waals surface area contributed by atoms with Crippen LogP contribution in [-0.2, 0) is 0 Å². The summed E-state index contributed by atoms with van der Waals surface area (Å²) in [6.07, 6.45) is 0. The Kier molecular flexibility index (Phi) is 4.39. The Morgan fingerprint density at radius 3 is 2.47 bits per heavy atom. The van der Waals surface area contributed by atoms with Crippen molar-refractivity contribution in [2.24, 2.45) is 10.2 Å². The highest BCUT2D eigenvalue weighted by molar-refractivity contribution is 9.10. The molecule has 0 atom stereocenters. The van der Waals surface area contributed by atoms with Gasteiger partial charge in [-0.15, -0.1) is 5.11 Å². The minimum absolute atomic E-state index is 0.00154. The Labute approximate surface area is 123 Å². The number of phenolic OH excluding ortho intramolecular Hbond substituents is 1. The highest BCUT2D eigenvalue weighted by Crippen LogP contribution is 2.37. The third-order valence-corrected chi connectivity index (χ3v) is 3.18. The average molecular weight is 342 g/mol. The summed E-state index contributed by atoms with van der Waals surface area (Å²) in [5.74, 6) is 0.744. The molecule has 0 saturated carbocycles. The average Bonchev–Trinajstić information content (AvgIpc) is 2.41. The molecule has 1 N–H and O–H groups in total. The first-order valence-electron chi connectivity index (χ1n) is 5.34. The molecule has 2 rings (SSSR count). The maximum Gasteiger partial charge on any atom is 0.157 e. The molecule has 0 aliphatic rings. The number of ether oxygens (including phenoxy) is 1. The van der Waals surface area contributed by atoms with Crippen molar-refractivity contribution in [1.82, 2.24) is 0 Å². The van der Waals surface area contributed by atoms with Gasteiger partial charge in [0.2, 0.25) is 0 Å². The Morgan fingerprint density at radius 1 is 1.16 bits per heavy atom. The number of benzene rings is 2. The van der Waals surface area contributed by atoms with Crippen LogP contribution in [0.3, 0.4) is 0 Å². The van der Waals surface area contributed by atoms with E-state index in [4.69, 9.17) is 16.3 Å². The van der Waals surface area contributed by atoms with Gasteiger partial charge in [0.05, 0.1) is 17.3 Å². The fourth-order valence-corrected chi connectivity index (χ4v) is 2.18. The third kappa shape index (κ3) is 3.45. The highest BCUT2D eigenvalue weighted by atomic mass is 79.9. The number of halogens is 2. The molecular formula is C13H10BrClN2O2. The molecule has 2 aromatic carbocycles. The fourth-order valence-electron chi connectivity index (χ4n) is 1.39. The van der Waals surface area contributed by atoms with Gasteiger partial charge in [-0.25, -0.2) is 0 Å². The summed E-state index contributed by atoms with van der Waals surface area (Å²) < 4.78 is 5.52. The number of methoxy groups -OCH3 is 1. The van der Waals surface area contributed by atoms with Gasteiger partial charge in [-0.05, 0) is 52.3 Å². The monoisotopic (exact) mass is 340 g/mol. The SMILES string of the molecule is COc1ccc(N=Nc2cc(Cl)cc(Br)c2O)cc1. The van der Waals surface area contributed by atoms with Gasteiger partial charge < -0.3 is 9.84 Å². The summed E-state index contributed by atoms with van der Waals surface area (Å²) in [7, 11) is 1.60. The van der Waals surface area contributed by atoms with E-state index < -0.39 is 0 Å². The predicted octanol–water partition coefficient (Wildman–Crippen LogP) is 5.23. The first-order valence-corrected chi connectivity index (χ1v) is 6.51. The lowest BCUT2D eigenvalue weighted by Crippen LogP contribution is -1.79. The van der Waals surface area contributed by atoms with E-state index in [0.29, 0.717) is 20.9 Å². The van der Waals surface area contributed by atoms with Gasteiger partial charge in [0, 0.05) is 5.02 Å². The number of phenols is 1. The van der Waals surface area contributed by atoms with Gasteiger partial charge in [-0.2, -0.15) is 5.11 Å². The lowest BCUT2D eigenvalue weighted by Gasteiger charge is -2.02. The van der Waals surface area contributed by atoms with E-state index in [0.717, 1.165) is 5.75 Å². The molecule has 2 aromatic rings. The van der Waals surface area contributed by atoms with Crippen LogP contribution >= 0.6 is 27.5 Å². The van der Waals surface area contributed by atoms with E-state index in [9.17, 15) is 5.11 Å². The van der Waals surface area contributed by atoms with Crippen molar-refractivity contribution in [2.75, 3.05) is 7.11 Å². The molecule has 0 aliphatic carbocycles. The Bertz CT molecular complexity index is 615. The minimum atomic E-state index is 0.00154. The van der Waals surface area contributed by atoms with Crippen molar-refractivity contribution in [1.29, 1.82) is 0 Å². The van der Waals surface area contributed by atoms with Gasteiger partial charge in [-0.1, -0.05) is 11.6 Å². The normalized spacial score (nSPS) is 10.9. The molecule has 0 saturated heterocycles. The lowest BCUT2D eigenvalue weighted by atomic mass is 10.3. The molecular weight excluding hydrogens is 332 g/mol. The third-order valence-electron chi connectivity index (χ3n) is 2.35. The van der Waals surface area contributed by atoms with Crippen LogP contribution in [0.15, 0.2) is 51.1 Å². The number of azo groups is 1. The number of hydrogen-bond acceptors (Lipinski definition) is 4. The number of hydrogen-bond donors (Lipinski definition) is 1. The van der Waals surface area contributed by atoms with Crippen LogP contribution in [0.5, 0.6) is 11.5 Å². The second-order valence-electron chi connectivity index (χ2n) is 3.65. The largest absolute Gasteiger partial charge is 0.505 e. The van der Waals surface area contributed by atoms with Crippen LogP contribution in [0.2, 0.25) is 5.02 Å². The Hall–Kier alpha value is -1.59. The number of aromatic hydroxyl groups is 1. The molecule has 0 amide bonds. The second-order valence-corrected chi connectivity index (χ2v) is 4.94. The van der Waals surface area contributed by atoms with Gasteiger partial charge in [0.25, 0.3) is 0 Å². The summed E-state index contributed by atoms with van der Waals surface area (Å²) in [5, 5.41) is 18.3. The molecule has 0 fully saturated rings. The topological polar surface area (TPSA) is 54.2 Å². The number of rotatable bonds is 3. The molecule has 98 valence electrons. The van der Waals surface area contributed by atoms with Crippen molar-refractivity contribution in [2.45, 2.75) is 0 Å². The first kappa shape index (κ1) is 13.8. The van der Waals surface area contributed by atoms with E-state index >= 15 is 0 Å². The molecule has 0 bridgehead atoms. The summed E-state index contributed by atoms with van der Waals surface area (Å²) >= 11 is 9.07. The summed E-state index contributed by atoms with van der Waals surface area (Å²) in [6.45, 7) is 0. The standard InChI is InChI=1S/C13H10BrClN2O2/c1-19-10-4-2-9(3-5-10)16-17-12-7-8(15)6-11(14)13(12)18/h2-7,18H,1H3. The molecule has 0 heterocycles. The summed E-state index contributed by atoms with van der Waals surface area (Å²) in [5.41, 5.74) is 0.950. The molecule has 0 aliphatic heterocycles. The molecule has 0 unspecified atom stereocenters. The lowest BCUT2D eigenvalue weighted by molar-refractivity contribution is 0.415. The molecule has 0 aromatic heterocycles. The van der Waals surface area contributed by atoms with Gasteiger partial charge >= 0.3 is 0 Å². The minimum Gasteiger partial charge on any atom is -0.505 e. The van der Waals surface area contributed by atoms with E-state index in [2.05, 4.69) is 26.2 Å². The smallest absolute Gasteiger partial charge is 0.157 e. The van der Waals surface area contributed by atoms with Crippen LogP contribution in [0.1, 0.15) is 0 Å². The van der Waals surface area contributed by atoms with Crippen molar-refractivity contribution in [3.8, 4) is 11.5 Å². The van der Waals surface area contributed by atoms with Gasteiger partial charge in [-0.3, -0.25) is 0 Å². The van der Waals surface area contributed by atoms with E-state index in [1.807, 2.05) is 0 Å². The Morgan fingerprint density at radius 2 is 1.84 bits per heavy atom. The second kappa shape index (κ2) is 6.04. The summed E-state index contributed by atoms with van der Waals surface area (Å²) in [6, 6.07) is 10.2. The zero-order valence-corrected chi connectivity index (χ0v) is 12.3. The zero-order valence-electron chi connectivity index (χ0n) is 9.97. The zero-order chi connectivity index (χ0) is 13.8. The van der Waals surface area contributed by atoms with Crippen LogP contribution in [0.4, 0.5) is 11.4 Å². The molecule has 0 spiro atoms. The quantitative estimate of drug-likeness (QED) is 0.777. The van der Waals surface area contributed by atoms with Crippen LogP contribution in [0, 0.1) is 0 Å². The molecule has 4 nitrogen and oxygen atoms in total. The fraction of sp³-hybridized carbons (Fsp3) is 0.0769. The maximum atomic E-state index is 9.80. The molecule has 19 heavy (non-hydrogen) atoms. The van der Waals surface area contributed by atoms with Gasteiger partial charge in [0.1, 0.15) is 11.4 Å². The Balaban J connectivity index is 2.27. The molecule has 0 radical (unpaired) electrons.